The number of benzene rings is 1. The number of rotatable bonds is 1. The van der Waals surface area contributed by atoms with Gasteiger partial charge in [0.25, 0.3) is 0 Å². The molecular formula is C13H15ClO2. The molecule has 16 heavy (non-hydrogen) atoms. The molecule has 1 heterocycles. The lowest BCUT2D eigenvalue weighted by atomic mass is 9.78. The summed E-state index contributed by atoms with van der Waals surface area (Å²) in [6.07, 6.45) is 4.25. The van der Waals surface area contributed by atoms with Gasteiger partial charge in [-0.3, -0.25) is 0 Å². The van der Waals surface area contributed by atoms with Gasteiger partial charge in [0.2, 0.25) is 0 Å². The topological polar surface area (TPSA) is 29.5 Å². The zero-order valence-corrected chi connectivity index (χ0v) is 9.78. The number of aliphatic hydroxyl groups excluding tert-OH is 1. The van der Waals surface area contributed by atoms with Crippen molar-refractivity contribution < 1.29 is 9.84 Å². The van der Waals surface area contributed by atoms with Crippen LogP contribution in [-0.2, 0) is 0 Å². The maximum atomic E-state index is 10.1. The zero-order valence-electron chi connectivity index (χ0n) is 9.03. The normalized spacial score (nSPS) is 29.1. The average molecular weight is 239 g/mol. The molecule has 2 nitrogen and oxygen atoms in total. The van der Waals surface area contributed by atoms with E-state index >= 15 is 0 Å². The predicted octanol–water partition coefficient (Wildman–Crippen LogP) is 3.32. The van der Waals surface area contributed by atoms with Crippen molar-refractivity contribution in [3.63, 3.8) is 0 Å². The van der Waals surface area contributed by atoms with Gasteiger partial charge in [-0.1, -0.05) is 18.0 Å². The highest BCUT2D eigenvalue weighted by Gasteiger charge is 2.35. The van der Waals surface area contributed by atoms with Gasteiger partial charge in [0, 0.05) is 17.0 Å². The van der Waals surface area contributed by atoms with Crippen LogP contribution in [0.2, 0.25) is 5.02 Å². The van der Waals surface area contributed by atoms with Crippen molar-refractivity contribution in [2.24, 2.45) is 5.92 Å². The molecule has 1 aliphatic carbocycles. The summed E-state index contributed by atoms with van der Waals surface area (Å²) in [5, 5.41) is 10.7. The van der Waals surface area contributed by atoms with Crippen LogP contribution in [0.25, 0.3) is 0 Å². The van der Waals surface area contributed by atoms with E-state index in [4.69, 9.17) is 16.3 Å². The largest absolute Gasteiger partial charge is 0.490 e. The van der Waals surface area contributed by atoms with Crippen molar-refractivity contribution in [2.75, 3.05) is 0 Å². The number of halogens is 1. The van der Waals surface area contributed by atoms with Crippen molar-refractivity contribution in [3.05, 3.63) is 28.8 Å². The Bertz CT molecular complexity index is 401. The van der Waals surface area contributed by atoms with Crippen LogP contribution in [0.5, 0.6) is 5.75 Å². The summed E-state index contributed by atoms with van der Waals surface area (Å²) < 4.78 is 5.94. The Morgan fingerprint density at radius 2 is 2.12 bits per heavy atom. The third-order valence-corrected chi connectivity index (χ3v) is 3.98. The Hall–Kier alpha value is -0.730. The van der Waals surface area contributed by atoms with Crippen LogP contribution >= 0.6 is 11.6 Å². The lowest BCUT2D eigenvalue weighted by Crippen LogP contribution is -2.36. The van der Waals surface area contributed by atoms with Gasteiger partial charge >= 0.3 is 0 Å². The second-order valence-electron chi connectivity index (χ2n) is 4.78. The second-order valence-corrected chi connectivity index (χ2v) is 5.22. The quantitative estimate of drug-likeness (QED) is 0.813. The molecule has 3 heteroatoms. The van der Waals surface area contributed by atoms with Crippen LogP contribution in [0.15, 0.2) is 18.2 Å². The third kappa shape index (κ3) is 1.70. The van der Waals surface area contributed by atoms with Gasteiger partial charge in [0.15, 0.2) is 0 Å². The van der Waals surface area contributed by atoms with E-state index in [-0.39, 0.29) is 6.10 Å². The molecule has 1 aromatic carbocycles. The molecule has 1 unspecified atom stereocenters. The van der Waals surface area contributed by atoms with Gasteiger partial charge in [0.05, 0.1) is 6.10 Å². The fourth-order valence-electron chi connectivity index (χ4n) is 2.55. The molecule has 0 amide bonds. The van der Waals surface area contributed by atoms with E-state index in [2.05, 4.69) is 0 Å². The number of hydrogen-bond donors (Lipinski definition) is 1. The van der Waals surface area contributed by atoms with Gasteiger partial charge in [-0.15, -0.1) is 0 Å². The number of ether oxygens (including phenoxy) is 1. The maximum absolute atomic E-state index is 10.1. The fraction of sp³-hybridized carbons (Fsp3) is 0.538. The van der Waals surface area contributed by atoms with E-state index in [1.165, 1.54) is 19.3 Å². The Morgan fingerprint density at radius 1 is 1.31 bits per heavy atom. The van der Waals surface area contributed by atoms with Crippen LogP contribution in [0.1, 0.15) is 37.4 Å². The monoisotopic (exact) mass is 238 g/mol. The molecule has 1 aliphatic heterocycles. The number of fused-ring (bicyclic) bond motifs is 1. The van der Waals surface area contributed by atoms with E-state index in [1.54, 1.807) is 6.07 Å². The SMILES string of the molecule is O[C@@H]1CC(C2CCC2)Oc2ccc(Cl)cc21. The Morgan fingerprint density at radius 3 is 2.81 bits per heavy atom. The maximum Gasteiger partial charge on any atom is 0.125 e. The standard InChI is InChI=1S/C13H15ClO2/c14-9-4-5-12-10(6-9)11(15)7-13(16-12)8-2-1-3-8/h4-6,8,11,13,15H,1-3,7H2/t11-,13?/m1/s1. The minimum Gasteiger partial charge on any atom is -0.490 e. The summed E-state index contributed by atoms with van der Waals surface area (Å²) in [5.74, 6) is 1.44. The number of aliphatic hydroxyl groups is 1. The first kappa shape index (κ1) is 10.4. The van der Waals surface area contributed by atoms with Crippen molar-refractivity contribution in [3.8, 4) is 5.75 Å². The van der Waals surface area contributed by atoms with E-state index < -0.39 is 6.10 Å². The Balaban J connectivity index is 1.87. The molecule has 0 aromatic heterocycles. The highest BCUT2D eigenvalue weighted by Crippen LogP contribution is 2.42. The number of hydrogen-bond acceptors (Lipinski definition) is 2. The minimum absolute atomic E-state index is 0.192. The van der Waals surface area contributed by atoms with Crippen LogP contribution in [0, 0.1) is 5.92 Å². The van der Waals surface area contributed by atoms with Crippen LogP contribution in [0.4, 0.5) is 0 Å². The molecule has 2 aliphatic rings. The second kappa shape index (κ2) is 3.94. The van der Waals surface area contributed by atoms with Crippen molar-refractivity contribution in [1.82, 2.24) is 0 Å². The fourth-order valence-corrected chi connectivity index (χ4v) is 2.73. The summed E-state index contributed by atoms with van der Waals surface area (Å²) in [5.41, 5.74) is 0.836. The van der Waals surface area contributed by atoms with E-state index in [1.807, 2.05) is 12.1 Å². The zero-order chi connectivity index (χ0) is 11.1. The Kier molecular flexibility index (Phi) is 2.56. The molecule has 3 rings (SSSR count). The molecule has 1 saturated carbocycles. The molecule has 1 fully saturated rings. The highest BCUT2D eigenvalue weighted by atomic mass is 35.5. The average Bonchev–Trinajstić information content (AvgIpc) is 2.17. The molecule has 0 saturated heterocycles. The molecule has 86 valence electrons. The van der Waals surface area contributed by atoms with Gasteiger partial charge in [-0.2, -0.15) is 0 Å². The van der Waals surface area contributed by atoms with E-state index in [0.29, 0.717) is 17.4 Å². The smallest absolute Gasteiger partial charge is 0.125 e. The third-order valence-electron chi connectivity index (χ3n) is 3.74. The van der Waals surface area contributed by atoms with Crippen LogP contribution in [-0.4, -0.2) is 11.2 Å². The molecule has 1 N–H and O–H groups in total. The first-order chi connectivity index (χ1) is 7.74. The predicted molar refractivity (Wildman–Crippen MR) is 62.8 cm³/mol. The molecule has 1 aromatic rings. The summed E-state index contributed by atoms with van der Waals surface area (Å²) >= 11 is 5.91. The molecular weight excluding hydrogens is 224 g/mol. The van der Waals surface area contributed by atoms with Crippen LogP contribution < -0.4 is 4.74 Å². The van der Waals surface area contributed by atoms with Crippen LogP contribution in [0.3, 0.4) is 0 Å². The van der Waals surface area contributed by atoms with Crippen molar-refractivity contribution in [1.29, 1.82) is 0 Å². The lowest BCUT2D eigenvalue weighted by Gasteiger charge is -2.38. The molecule has 0 spiro atoms. The summed E-state index contributed by atoms with van der Waals surface area (Å²) in [6.45, 7) is 0. The summed E-state index contributed by atoms with van der Waals surface area (Å²) in [7, 11) is 0. The summed E-state index contributed by atoms with van der Waals surface area (Å²) in [4.78, 5) is 0. The van der Waals surface area contributed by atoms with Gasteiger partial charge in [0.1, 0.15) is 11.9 Å². The van der Waals surface area contributed by atoms with E-state index in [9.17, 15) is 5.11 Å². The highest BCUT2D eigenvalue weighted by molar-refractivity contribution is 6.30. The van der Waals surface area contributed by atoms with Gasteiger partial charge in [-0.25, -0.2) is 0 Å². The minimum atomic E-state index is -0.423. The summed E-state index contributed by atoms with van der Waals surface area (Å²) in [6, 6.07) is 5.49. The van der Waals surface area contributed by atoms with Crippen molar-refractivity contribution in [2.45, 2.75) is 37.9 Å². The lowest BCUT2D eigenvalue weighted by molar-refractivity contribution is 0.0106. The Labute approximate surface area is 100 Å². The first-order valence-electron chi connectivity index (χ1n) is 5.88. The van der Waals surface area contributed by atoms with Gasteiger partial charge in [-0.05, 0) is 37.0 Å². The molecule has 0 bridgehead atoms. The molecule has 0 radical (unpaired) electrons. The van der Waals surface area contributed by atoms with Crippen molar-refractivity contribution >= 4 is 11.6 Å². The van der Waals surface area contributed by atoms with E-state index in [0.717, 1.165) is 11.3 Å². The van der Waals surface area contributed by atoms with Gasteiger partial charge < -0.3 is 9.84 Å². The first-order valence-corrected chi connectivity index (χ1v) is 6.26. The molecule has 2 atom stereocenters.